The molecule has 0 rings (SSSR count). The first-order valence-electron chi connectivity index (χ1n) is 6.22. The zero-order valence-electron chi connectivity index (χ0n) is 12.9. The van der Waals surface area contributed by atoms with E-state index in [-0.39, 0.29) is 16.4 Å². The van der Waals surface area contributed by atoms with Gasteiger partial charge in [-0.25, -0.2) is 0 Å². The van der Waals surface area contributed by atoms with Crippen LogP contribution in [0.25, 0.3) is 0 Å². The molecule has 0 bridgehead atoms. The van der Waals surface area contributed by atoms with Crippen molar-refractivity contribution >= 4 is 6.72 Å². The third-order valence-electron chi connectivity index (χ3n) is 4.30. The molecule has 1 nitrogen and oxygen atoms in total. The Morgan fingerprint density at radius 1 is 1.00 bits per heavy atom. The molecule has 0 spiro atoms. The first-order chi connectivity index (χ1) is 7.36. The average molecular weight is 235 g/mol. The van der Waals surface area contributed by atoms with Gasteiger partial charge in [-0.15, -0.1) is 0 Å². The number of aliphatic imine (C=N–C) groups is 1. The molecule has 0 saturated carbocycles. The van der Waals surface area contributed by atoms with Crippen molar-refractivity contribution < 1.29 is 0 Å². The molecule has 0 fully saturated rings. The van der Waals surface area contributed by atoms with Crippen LogP contribution in [-0.4, -0.2) is 12.3 Å². The van der Waals surface area contributed by atoms with Crippen molar-refractivity contribution in [1.82, 2.24) is 0 Å². The largest absolute Gasteiger partial charge is 0.294 e. The minimum Gasteiger partial charge on any atom is -0.294 e. The van der Waals surface area contributed by atoms with Gasteiger partial charge in [0, 0.05) is 5.41 Å². The van der Waals surface area contributed by atoms with E-state index in [2.05, 4.69) is 79.8 Å². The predicted octanol–water partition coefficient (Wildman–Crippen LogP) is 5.04. The molecule has 0 aromatic rings. The highest BCUT2D eigenvalue weighted by Gasteiger charge is 2.37. The summed E-state index contributed by atoms with van der Waals surface area (Å²) >= 11 is 0. The van der Waals surface area contributed by atoms with Crippen molar-refractivity contribution in [1.29, 1.82) is 0 Å². The van der Waals surface area contributed by atoms with Crippen LogP contribution in [0.15, 0.2) is 28.8 Å². The third kappa shape index (κ3) is 3.55. The molecule has 1 heteroatoms. The normalized spacial score (nSPS) is 14.7. The summed E-state index contributed by atoms with van der Waals surface area (Å²) in [4.78, 5) is 4.24. The standard InChI is InChI=1S/C16H29N/c1-12(14(3,4)5)11-13(2)15(6,7)16(8,9)17-10/h11H,2,10H2,1,3-9H3/b12-11+. The van der Waals surface area contributed by atoms with Crippen LogP contribution >= 0.6 is 0 Å². The van der Waals surface area contributed by atoms with Gasteiger partial charge in [0.05, 0.1) is 5.54 Å². The van der Waals surface area contributed by atoms with E-state index in [0.717, 1.165) is 5.57 Å². The first kappa shape index (κ1) is 16.1. The zero-order chi connectivity index (χ0) is 14.1. The van der Waals surface area contributed by atoms with E-state index in [4.69, 9.17) is 0 Å². The molecular weight excluding hydrogens is 206 g/mol. The average Bonchev–Trinajstić information content (AvgIpc) is 2.15. The van der Waals surface area contributed by atoms with E-state index in [1.807, 2.05) is 0 Å². The summed E-state index contributed by atoms with van der Waals surface area (Å²) in [5, 5.41) is 0. The second kappa shape index (κ2) is 4.80. The summed E-state index contributed by atoms with van der Waals surface area (Å²) in [5.41, 5.74) is 2.34. The molecule has 0 radical (unpaired) electrons. The Bertz CT molecular complexity index is 335. The van der Waals surface area contributed by atoms with Crippen molar-refractivity contribution in [2.45, 2.75) is 60.9 Å². The minimum absolute atomic E-state index is 0.0960. The number of hydrogen-bond acceptors (Lipinski definition) is 1. The summed E-state index contributed by atoms with van der Waals surface area (Å²) in [6, 6.07) is 0. The second-order valence-corrected chi connectivity index (χ2v) is 6.94. The zero-order valence-corrected chi connectivity index (χ0v) is 12.9. The second-order valence-electron chi connectivity index (χ2n) is 6.94. The number of hydrogen-bond donors (Lipinski definition) is 0. The molecule has 0 saturated heterocycles. The maximum Gasteiger partial charge on any atom is 0.0635 e. The van der Waals surface area contributed by atoms with Gasteiger partial charge in [0.25, 0.3) is 0 Å². The Morgan fingerprint density at radius 3 is 1.71 bits per heavy atom. The van der Waals surface area contributed by atoms with Crippen molar-refractivity contribution in [3.05, 3.63) is 23.8 Å². The molecule has 0 N–H and O–H groups in total. The van der Waals surface area contributed by atoms with Gasteiger partial charge >= 0.3 is 0 Å². The molecule has 0 unspecified atom stereocenters. The van der Waals surface area contributed by atoms with E-state index in [1.165, 1.54) is 5.57 Å². The van der Waals surface area contributed by atoms with Crippen molar-refractivity contribution in [2.24, 2.45) is 15.8 Å². The van der Waals surface area contributed by atoms with Crippen molar-refractivity contribution in [3.63, 3.8) is 0 Å². The molecule has 0 aliphatic heterocycles. The molecule has 0 atom stereocenters. The molecule has 0 heterocycles. The number of nitrogens with zero attached hydrogens (tertiary/aromatic N) is 1. The number of rotatable bonds is 4. The van der Waals surface area contributed by atoms with Gasteiger partial charge < -0.3 is 0 Å². The fourth-order valence-corrected chi connectivity index (χ4v) is 1.25. The molecule has 0 aliphatic rings. The molecule has 0 aliphatic carbocycles. The van der Waals surface area contributed by atoms with Crippen molar-refractivity contribution in [3.8, 4) is 0 Å². The Kier molecular flexibility index (Phi) is 4.56. The number of allylic oxidation sites excluding steroid dienone is 2. The monoisotopic (exact) mass is 235 g/mol. The highest BCUT2D eigenvalue weighted by molar-refractivity contribution is 5.34. The summed E-state index contributed by atoms with van der Waals surface area (Å²) in [6.45, 7) is 25.3. The van der Waals surface area contributed by atoms with E-state index >= 15 is 0 Å². The van der Waals surface area contributed by atoms with Gasteiger partial charge in [-0.1, -0.05) is 52.8 Å². The van der Waals surface area contributed by atoms with Gasteiger partial charge in [-0.2, -0.15) is 0 Å². The third-order valence-corrected chi connectivity index (χ3v) is 4.30. The summed E-state index contributed by atoms with van der Waals surface area (Å²) in [7, 11) is 0. The van der Waals surface area contributed by atoms with E-state index in [9.17, 15) is 0 Å². The van der Waals surface area contributed by atoms with Gasteiger partial charge in [-0.3, -0.25) is 4.99 Å². The molecule has 98 valence electrons. The Balaban J connectivity index is 5.28. The smallest absolute Gasteiger partial charge is 0.0635 e. The molecule has 0 amide bonds. The van der Waals surface area contributed by atoms with Gasteiger partial charge in [0.2, 0.25) is 0 Å². The SMILES string of the molecule is C=NC(C)(C)C(C)(C)C(=C)/C=C(\C)C(C)(C)C. The predicted molar refractivity (Wildman–Crippen MR) is 79.8 cm³/mol. The van der Waals surface area contributed by atoms with Crippen molar-refractivity contribution in [2.75, 3.05) is 0 Å². The van der Waals surface area contributed by atoms with E-state index in [0.29, 0.717) is 0 Å². The highest BCUT2D eigenvalue weighted by atomic mass is 14.8. The van der Waals surface area contributed by atoms with Gasteiger partial charge in [-0.05, 0) is 38.5 Å². The molecule has 17 heavy (non-hydrogen) atoms. The summed E-state index contributed by atoms with van der Waals surface area (Å²) in [5.74, 6) is 0. The first-order valence-corrected chi connectivity index (χ1v) is 6.22. The molecule has 0 aromatic carbocycles. The topological polar surface area (TPSA) is 12.4 Å². The quantitative estimate of drug-likeness (QED) is 0.478. The Morgan fingerprint density at radius 2 is 1.41 bits per heavy atom. The van der Waals surface area contributed by atoms with Crippen LogP contribution in [0.1, 0.15) is 55.4 Å². The lowest BCUT2D eigenvalue weighted by atomic mass is 9.69. The fourth-order valence-electron chi connectivity index (χ4n) is 1.25. The summed E-state index contributed by atoms with van der Waals surface area (Å²) in [6.07, 6.45) is 2.20. The lowest BCUT2D eigenvalue weighted by molar-refractivity contribution is 0.263. The van der Waals surface area contributed by atoms with Gasteiger partial charge in [0.15, 0.2) is 0 Å². The van der Waals surface area contributed by atoms with Crippen LogP contribution in [0.4, 0.5) is 0 Å². The minimum atomic E-state index is -0.210. The molecule has 0 aromatic heterocycles. The van der Waals surface area contributed by atoms with Crippen LogP contribution < -0.4 is 0 Å². The Labute approximate surface area is 108 Å². The van der Waals surface area contributed by atoms with E-state index in [1.54, 1.807) is 0 Å². The lowest BCUT2D eigenvalue weighted by Crippen LogP contribution is -2.38. The van der Waals surface area contributed by atoms with Crippen LogP contribution in [0.2, 0.25) is 0 Å². The Hall–Kier alpha value is -0.850. The highest BCUT2D eigenvalue weighted by Crippen LogP contribution is 2.41. The fraction of sp³-hybridized carbons (Fsp3) is 0.688. The van der Waals surface area contributed by atoms with Gasteiger partial charge in [0.1, 0.15) is 0 Å². The maximum absolute atomic E-state index is 4.24. The van der Waals surface area contributed by atoms with E-state index < -0.39 is 0 Å². The maximum atomic E-state index is 4.24. The van der Waals surface area contributed by atoms with Crippen LogP contribution in [0.3, 0.4) is 0 Å². The van der Waals surface area contributed by atoms with Crippen LogP contribution in [0, 0.1) is 10.8 Å². The van der Waals surface area contributed by atoms with Crippen LogP contribution in [-0.2, 0) is 0 Å². The summed E-state index contributed by atoms with van der Waals surface area (Å²) < 4.78 is 0. The lowest BCUT2D eigenvalue weighted by Gasteiger charge is -2.39. The molecular formula is C16H29N. The van der Waals surface area contributed by atoms with Crippen LogP contribution in [0.5, 0.6) is 0 Å².